The van der Waals surface area contributed by atoms with E-state index in [0.717, 1.165) is 17.5 Å². The summed E-state index contributed by atoms with van der Waals surface area (Å²) in [6.07, 6.45) is 1.73. The maximum atomic E-state index is 13.9. The maximum absolute atomic E-state index is 13.9. The lowest BCUT2D eigenvalue weighted by atomic mass is 9.93. The van der Waals surface area contributed by atoms with Gasteiger partial charge in [0.15, 0.2) is 0 Å². The number of carbonyl (C=O) groups excluding carboxylic acids is 1. The molecular weight excluding hydrogens is 317 g/mol. The topological polar surface area (TPSA) is 56.1 Å². The Kier molecular flexibility index (Phi) is 4.99. The second kappa shape index (κ2) is 7.35. The Morgan fingerprint density at radius 2 is 2.16 bits per heavy atom. The van der Waals surface area contributed by atoms with E-state index in [1.165, 1.54) is 11.6 Å². The zero-order chi connectivity index (χ0) is 17.8. The highest BCUT2D eigenvalue weighted by molar-refractivity contribution is 5.89. The zero-order valence-electron chi connectivity index (χ0n) is 14.2. The van der Waals surface area contributed by atoms with Crippen molar-refractivity contribution in [3.8, 4) is 6.07 Å². The van der Waals surface area contributed by atoms with Gasteiger partial charge in [-0.3, -0.25) is 0 Å². The Morgan fingerprint density at radius 3 is 2.88 bits per heavy atom. The number of amides is 2. The van der Waals surface area contributed by atoms with Gasteiger partial charge in [-0.1, -0.05) is 31.2 Å². The summed E-state index contributed by atoms with van der Waals surface area (Å²) in [4.78, 5) is 14.2. The number of rotatable bonds is 3. The molecule has 0 saturated heterocycles. The highest BCUT2D eigenvalue weighted by atomic mass is 19.1. The number of nitriles is 1. The predicted octanol–water partition coefficient (Wildman–Crippen LogP) is 4.04. The van der Waals surface area contributed by atoms with Crippen molar-refractivity contribution in [1.82, 2.24) is 4.90 Å². The van der Waals surface area contributed by atoms with Crippen molar-refractivity contribution in [2.45, 2.75) is 32.7 Å². The summed E-state index contributed by atoms with van der Waals surface area (Å²) in [5.41, 5.74) is 4.38. The maximum Gasteiger partial charge on any atom is 0.322 e. The van der Waals surface area contributed by atoms with Crippen LogP contribution in [0.15, 0.2) is 36.4 Å². The lowest BCUT2D eigenvalue weighted by Gasteiger charge is -2.30. The first-order valence-electron chi connectivity index (χ1n) is 8.43. The van der Waals surface area contributed by atoms with Crippen molar-refractivity contribution in [2.24, 2.45) is 0 Å². The standard InChI is InChI=1S/C20H20FN3O/c1-2-14-6-7-17(12-19(14)21)23-20(25)24-11-9-18-15(8-10-22)4-3-5-16(18)13-24/h3-7,12H,2,8-9,11,13H2,1H3,(H,23,25). The zero-order valence-corrected chi connectivity index (χ0v) is 14.2. The SMILES string of the molecule is CCc1ccc(NC(=O)N2CCc3c(CC#N)cccc3C2)cc1F. The lowest BCUT2D eigenvalue weighted by molar-refractivity contribution is 0.206. The number of halogens is 1. The Hall–Kier alpha value is -2.87. The Morgan fingerprint density at radius 1 is 1.32 bits per heavy atom. The van der Waals surface area contributed by atoms with Gasteiger partial charge in [-0.05, 0) is 47.2 Å². The van der Waals surface area contributed by atoms with Crippen LogP contribution in [0.4, 0.5) is 14.9 Å². The molecular formula is C20H20FN3O. The Balaban J connectivity index is 1.72. The van der Waals surface area contributed by atoms with E-state index >= 15 is 0 Å². The van der Waals surface area contributed by atoms with Gasteiger partial charge in [-0.15, -0.1) is 0 Å². The molecule has 1 aliphatic rings. The summed E-state index contributed by atoms with van der Waals surface area (Å²) < 4.78 is 13.9. The number of hydrogen-bond acceptors (Lipinski definition) is 2. The van der Waals surface area contributed by atoms with Crippen LogP contribution >= 0.6 is 0 Å². The molecule has 1 aliphatic heterocycles. The monoisotopic (exact) mass is 337 g/mol. The number of fused-ring (bicyclic) bond motifs is 1. The van der Waals surface area contributed by atoms with E-state index in [9.17, 15) is 9.18 Å². The van der Waals surface area contributed by atoms with Crippen LogP contribution in [0.2, 0.25) is 0 Å². The molecule has 25 heavy (non-hydrogen) atoms. The third-order valence-electron chi connectivity index (χ3n) is 4.60. The predicted molar refractivity (Wildman–Crippen MR) is 94.7 cm³/mol. The summed E-state index contributed by atoms with van der Waals surface area (Å²) in [6.45, 7) is 2.97. The van der Waals surface area contributed by atoms with Crippen LogP contribution in [0.1, 0.15) is 29.2 Å². The molecule has 2 aromatic rings. The van der Waals surface area contributed by atoms with Gasteiger partial charge < -0.3 is 10.2 Å². The van der Waals surface area contributed by atoms with Crippen LogP contribution in [0.25, 0.3) is 0 Å². The van der Waals surface area contributed by atoms with E-state index in [1.807, 2.05) is 25.1 Å². The van der Waals surface area contributed by atoms with Gasteiger partial charge in [-0.2, -0.15) is 5.26 Å². The van der Waals surface area contributed by atoms with Crippen molar-refractivity contribution in [3.63, 3.8) is 0 Å². The van der Waals surface area contributed by atoms with Gasteiger partial charge in [0.1, 0.15) is 5.82 Å². The third-order valence-corrected chi connectivity index (χ3v) is 4.60. The first-order valence-corrected chi connectivity index (χ1v) is 8.43. The minimum atomic E-state index is -0.301. The van der Waals surface area contributed by atoms with Gasteiger partial charge in [0, 0.05) is 18.8 Å². The third kappa shape index (κ3) is 3.63. The van der Waals surface area contributed by atoms with Crippen molar-refractivity contribution >= 4 is 11.7 Å². The lowest BCUT2D eigenvalue weighted by Crippen LogP contribution is -2.39. The molecule has 0 atom stereocenters. The molecule has 0 radical (unpaired) electrons. The highest BCUT2D eigenvalue weighted by Crippen LogP contribution is 2.24. The summed E-state index contributed by atoms with van der Waals surface area (Å²) in [6, 6.07) is 12.6. The van der Waals surface area contributed by atoms with Gasteiger partial charge in [0.2, 0.25) is 0 Å². The molecule has 1 heterocycles. The largest absolute Gasteiger partial charge is 0.322 e. The first kappa shape index (κ1) is 17.0. The van der Waals surface area contributed by atoms with Crippen LogP contribution in [0.5, 0.6) is 0 Å². The van der Waals surface area contributed by atoms with Crippen LogP contribution in [0, 0.1) is 17.1 Å². The summed E-state index contributed by atoms with van der Waals surface area (Å²) in [5, 5.41) is 11.7. The molecule has 5 heteroatoms. The fraction of sp³-hybridized carbons (Fsp3) is 0.300. The number of benzene rings is 2. The van der Waals surface area contributed by atoms with Gasteiger partial charge in [0.05, 0.1) is 12.5 Å². The summed E-state index contributed by atoms with van der Waals surface area (Å²) in [5.74, 6) is -0.301. The Labute approximate surface area is 146 Å². The van der Waals surface area contributed by atoms with E-state index in [1.54, 1.807) is 17.0 Å². The normalized spacial score (nSPS) is 13.1. The van der Waals surface area contributed by atoms with Crippen LogP contribution in [0.3, 0.4) is 0 Å². The van der Waals surface area contributed by atoms with Gasteiger partial charge in [0.25, 0.3) is 0 Å². The van der Waals surface area contributed by atoms with E-state index in [0.29, 0.717) is 37.2 Å². The van der Waals surface area contributed by atoms with E-state index in [4.69, 9.17) is 5.26 Å². The number of hydrogen-bond donors (Lipinski definition) is 1. The molecule has 0 saturated carbocycles. The van der Waals surface area contributed by atoms with Crippen LogP contribution in [-0.4, -0.2) is 17.5 Å². The number of carbonyl (C=O) groups is 1. The van der Waals surface area contributed by atoms with E-state index < -0.39 is 0 Å². The number of nitrogens with zero attached hydrogens (tertiary/aromatic N) is 2. The van der Waals surface area contributed by atoms with Gasteiger partial charge >= 0.3 is 6.03 Å². The van der Waals surface area contributed by atoms with Crippen molar-refractivity contribution < 1.29 is 9.18 Å². The fourth-order valence-electron chi connectivity index (χ4n) is 3.23. The second-order valence-electron chi connectivity index (χ2n) is 6.15. The van der Waals surface area contributed by atoms with Crippen molar-refractivity contribution in [3.05, 3.63) is 64.5 Å². The van der Waals surface area contributed by atoms with Crippen molar-refractivity contribution in [2.75, 3.05) is 11.9 Å². The molecule has 2 amide bonds. The number of aryl methyl sites for hydroxylation is 1. The molecule has 0 aromatic heterocycles. The smallest absolute Gasteiger partial charge is 0.320 e. The molecule has 0 aliphatic carbocycles. The minimum absolute atomic E-state index is 0.236. The first-order chi connectivity index (χ1) is 12.1. The molecule has 1 N–H and O–H groups in total. The Bertz CT molecular complexity index is 841. The summed E-state index contributed by atoms with van der Waals surface area (Å²) >= 11 is 0. The van der Waals surface area contributed by atoms with Gasteiger partial charge in [-0.25, -0.2) is 9.18 Å². The van der Waals surface area contributed by atoms with Crippen LogP contribution < -0.4 is 5.32 Å². The van der Waals surface area contributed by atoms with E-state index in [2.05, 4.69) is 11.4 Å². The molecule has 4 nitrogen and oxygen atoms in total. The summed E-state index contributed by atoms with van der Waals surface area (Å²) in [7, 11) is 0. The number of anilines is 1. The molecule has 2 aromatic carbocycles. The van der Waals surface area contributed by atoms with Crippen LogP contribution in [-0.2, 0) is 25.8 Å². The number of urea groups is 1. The molecule has 0 fully saturated rings. The highest BCUT2D eigenvalue weighted by Gasteiger charge is 2.22. The molecule has 0 unspecified atom stereocenters. The van der Waals surface area contributed by atoms with E-state index in [-0.39, 0.29) is 11.8 Å². The number of nitrogens with one attached hydrogen (secondary N) is 1. The second-order valence-corrected chi connectivity index (χ2v) is 6.15. The molecule has 0 bridgehead atoms. The molecule has 3 rings (SSSR count). The average Bonchev–Trinajstić information content (AvgIpc) is 2.62. The fourth-order valence-corrected chi connectivity index (χ4v) is 3.23. The quantitative estimate of drug-likeness (QED) is 0.919. The average molecular weight is 337 g/mol. The molecule has 0 spiro atoms. The molecule has 128 valence electrons. The van der Waals surface area contributed by atoms with Crippen molar-refractivity contribution in [1.29, 1.82) is 5.26 Å². The minimum Gasteiger partial charge on any atom is -0.320 e.